The van der Waals surface area contributed by atoms with Gasteiger partial charge in [0.25, 0.3) is 0 Å². The minimum absolute atomic E-state index is 0.188. The van der Waals surface area contributed by atoms with E-state index < -0.39 is 0 Å². The Balaban J connectivity index is 2.50. The molecule has 0 fully saturated rings. The second-order valence-electron chi connectivity index (χ2n) is 2.71. The van der Waals surface area contributed by atoms with Crippen LogP contribution < -0.4 is 0 Å². The summed E-state index contributed by atoms with van der Waals surface area (Å²) in [5, 5.41) is 12.8. The third kappa shape index (κ3) is 1.90. The first-order chi connectivity index (χ1) is 7.31. The summed E-state index contributed by atoms with van der Waals surface area (Å²) in [4.78, 5) is 4.09. The number of nitriles is 1. The summed E-state index contributed by atoms with van der Waals surface area (Å²) in [5.41, 5.74) is 1.31. The third-order valence-electron chi connectivity index (χ3n) is 1.71. The van der Waals surface area contributed by atoms with Crippen LogP contribution in [0.5, 0.6) is 0 Å². The van der Waals surface area contributed by atoms with E-state index in [1.54, 1.807) is 22.8 Å². The van der Waals surface area contributed by atoms with Gasteiger partial charge in [0.05, 0.1) is 18.7 Å². The summed E-state index contributed by atoms with van der Waals surface area (Å²) in [6.45, 7) is 0. The van der Waals surface area contributed by atoms with Crippen LogP contribution in [0, 0.1) is 23.2 Å². The molecule has 0 radical (unpaired) electrons. The van der Waals surface area contributed by atoms with Crippen molar-refractivity contribution in [1.29, 1.82) is 5.26 Å². The van der Waals surface area contributed by atoms with E-state index in [9.17, 15) is 0 Å². The number of halogens is 1. The number of rotatable bonds is 0. The van der Waals surface area contributed by atoms with Crippen molar-refractivity contribution in [3.8, 4) is 17.9 Å². The molecule has 0 saturated heterocycles. The van der Waals surface area contributed by atoms with Crippen molar-refractivity contribution in [3.05, 3.63) is 29.2 Å². The van der Waals surface area contributed by atoms with Gasteiger partial charge in [0.15, 0.2) is 5.65 Å². The largest absolute Gasteiger partial charge is 0.234 e. The fourth-order valence-corrected chi connectivity index (χ4v) is 1.25. The van der Waals surface area contributed by atoms with Crippen LogP contribution in [-0.4, -0.2) is 14.6 Å². The van der Waals surface area contributed by atoms with Crippen molar-refractivity contribution < 1.29 is 0 Å². The Morgan fingerprint density at radius 3 is 3.13 bits per heavy atom. The molecule has 72 valence electrons. The molecule has 2 heterocycles. The topological polar surface area (TPSA) is 54.0 Å². The molecule has 5 heteroatoms. The van der Waals surface area contributed by atoms with Gasteiger partial charge < -0.3 is 0 Å². The Kier molecular flexibility index (Phi) is 2.53. The van der Waals surface area contributed by atoms with Crippen molar-refractivity contribution >= 4 is 17.2 Å². The molecule has 0 aliphatic rings. The number of hydrogen-bond acceptors (Lipinski definition) is 3. The van der Waals surface area contributed by atoms with Crippen molar-refractivity contribution in [2.24, 2.45) is 0 Å². The van der Waals surface area contributed by atoms with Crippen LogP contribution in [0.25, 0.3) is 5.65 Å². The van der Waals surface area contributed by atoms with E-state index in [0.29, 0.717) is 16.5 Å². The number of hydrogen-bond donors (Lipinski definition) is 0. The van der Waals surface area contributed by atoms with Gasteiger partial charge in [-0.25, -0.2) is 9.50 Å². The van der Waals surface area contributed by atoms with E-state index in [1.807, 2.05) is 6.07 Å². The molecule has 4 nitrogen and oxygen atoms in total. The molecule has 0 saturated carbocycles. The SMILES string of the molecule is N#CCC#Cc1cnc2ccc(Cl)nn12. The van der Waals surface area contributed by atoms with Crippen molar-refractivity contribution in [2.75, 3.05) is 0 Å². The van der Waals surface area contributed by atoms with Gasteiger partial charge in [-0.05, 0) is 18.1 Å². The summed E-state index contributed by atoms with van der Waals surface area (Å²) < 4.78 is 1.55. The molecule has 0 bridgehead atoms. The zero-order valence-electron chi connectivity index (χ0n) is 7.61. The monoisotopic (exact) mass is 216 g/mol. The molecule has 2 aromatic heterocycles. The van der Waals surface area contributed by atoms with Crippen LogP contribution >= 0.6 is 11.6 Å². The van der Waals surface area contributed by atoms with Gasteiger partial charge >= 0.3 is 0 Å². The second-order valence-corrected chi connectivity index (χ2v) is 3.09. The molecule has 0 atom stereocenters. The molecule has 2 aromatic rings. The molecule has 0 amide bonds. The van der Waals surface area contributed by atoms with Crippen molar-refractivity contribution in [2.45, 2.75) is 6.42 Å². The van der Waals surface area contributed by atoms with Crippen LogP contribution in [0.4, 0.5) is 0 Å². The van der Waals surface area contributed by atoms with Gasteiger partial charge in [-0.1, -0.05) is 17.5 Å². The average molecular weight is 217 g/mol. The molecule has 0 aliphatic carbocycles. The normalized spacial score (nSPS) is 9.33. The van der Waals surface area contributed by atoms with Gasteiger partial charge in [-0.2, -0.15) is 10.4 Å². The van der Waals surface area contributed by atoms with Crippen LogP contribution in [0.3, 0.4) is 0 Å². The second kappa shape index (κ2) is 4.00. The van der Waals surface area contributed by atoms with E-state index >= 15 is 0 Å². The zero-order valence-corrected chi connectivity index (χ0v) is 8.36. The van der Waals surface area contributed by atoms with Crippen molar-refractivity contribution in [1.82, 2.24) is 14.6 Å². The average Bonchev–Trinajstić information content (AvgIpc) is 2.62. The lowest BCUT2D eigenvalue weighted by Gasteiger charge is -1.93. The highest BCUT2D eigenvalue weighted by molar-refractivity contribution is 6.29. The summed E-state index contributed by atoms with van der Waals surface area (Å²) in [7, 11) is 0. The summed E-state index contributed by atoms with van der Waals surface area (Å²) >= 11 is 5.75. The number of fused-ring (bicyclic) bond motifs is 1. The van der Waals surface area contributed by atoms with E-state index in [1.165, 1.54) is 0 Å². The number of nitrogens with zero attached hydrogens (tertiary/aromatic N) is 4. The maximum atomic E-state index is 8.34. The Morgan fingerprint density at radius 2 is 2.33 bits per heavy atom. The molecule has 0 spiro atoms. The maximum Gasteiger partial charge on any atom is 0.155 e. The first-order valence-corrected chi connectivity index (χ1v) is 4.55. The molecule has 2 rings (SSSR count). The Labute approximate surface area is 91.1 Å². The van der Waals surface area contributed by atoms with Gasteiger partial charge in [0, 0.05) is 0 Å². The lowest BCUT2D eigenvalue weighted by atomic mass is 10.4. The van der Waals surface area contributed by atoms with Crippen LogP contribution in [-0.2, 0) is 0 Å². The molecule has 0 aromatic carbocycles. The quantitative estimate of drug-likeness (QED) is 0.630. The van der Waals surface area contributed by atoms with E-state index in [4.69, 9.17) is 16.9 Å². The minimum atomic E-state index is 0.188. The van der Waals surface area contributed by atoms with Gasteiger partial charge in [0.1, 0.15) is 10.8 Å². The highest BCUT2D eigenvalue weighted by Crippen LogP contribution is 2.08. The Morgan fingerprint density at radius 1 is 1.47 bits per heavy atom. The minimum Gasteiger partial charge on any atom is -0.234 e. The predicted octanol–water partition coefficient (Wildman–Crippen LogP) is 1.65. The molecule has 0 unspecified atom stereocenters. The lowest BCUT2D eigenvalue weighted by molar-refractivity contribution is 0.924. The number of aromatic nitrogens is 3. The molecular weight excluding hydrogens is 212 g/mol. The van der Waals surface area contributed by atoms with E-state index in [-0.39, 0.29) is 6.42 Å². The van der Waals surface area contributed by atoms with Gasteiger partial charge in [0.2, 0.25) is 0 Å². The molecular formula is C10H5ClN4. The highest BCUT2D eigenvalue weighted by atomic mass is 35.5. The molecule has 15 heavy (non-hydrogen) atoms. The third-order valence-corrected chi connectivity index (χ3v) is 1.92. The summed E-state index contributed by atoms with van der Waals surface area (Å²) in [5.74, 6) is 5.50. The summed E-state index contributed by atoms with van der Waals surface area (Å²) in [6, 6.07) is 5.36. The highest BCUT2D eigenvalue weighted by Gasteiger charge is 2.01. The van der Waals surface area contributed by atoms with E-state index in [2.05, 4.69) is 21.9 Å². The van der Waals surface area contributed by atoms with Crippen molar-refractivity contribution in [3.63, 3.8) is 0 Å². The van der Waals surface area contributed by atoms with Gasteiger partial charge in [-0.15, -0.1) is 0 Å². The fraction of sp³-hybridized carbons (Fsp3) is 0.100. The maximum absolute atomic E-state index is 8.34. The Bertz CT molecular complexity index is 597. The smallest absolute Gasteiger partial charge is 0.155 e. The molecule has 0 N–H and O–H groups in total. The first kappa shape index (κ1) is 9.51. The predicted molar refractivity (Wildman–Crippen MR) is 55.1 cm³/mol. The van der Waals surface area contributed by atoms with Crippen LogP contribution in [0.1, 0.15) is 12.1 Å². The van der Waals surface area contributed by atoms with Crippen LogP contribution in [0.15, 0.2) is 18.3 Å². The van der Waals surface area contributed by atoms with Crippen LogP contribution in [0.2, 0.25) is 5.15 Å². The molecule has 0 aliphatic heterocycles. The standard InChI is InChI=1S/C10H5ClN4/c11-9-4-5-10-13-7-8(15(10)14-9)3-1-2-6-12/h4-5,7H,2H2. The fourth-order valence-electron chi connectivity index (χ4n) is 1.11. The number of imidazole rings is 1. The lowest BCUT2D eigenvalue weighted by Crippen LogP contribution is -1.93. The Hall–Kier alpha value is -2.04. The van der Waals surface area contributed by atoms with Gasteiger partial charge in [-0.3, -0.25) is 0 Å². The first-order valence-electron chi connectivity index (χ1n) is 4.17. The zero-order chi connectivity index (χ0) is 10.7. The summed E-state index contributed by atoms with van der Waals surface area (Å²) in [6.07, 6.45) is 1.79. The van der Waals surface area contributed by atoms with E-state index in [0.717, 1.165) is 0 Å².